The van der Waals surface area contributed by atoms with Crippen molar-refractivity contribution in [2.75, 3.05) is 0 Å². The molecule has 0 amide bonds. The number of aromatic nitrogens is 1. The molecule has 0 spiro atoms. The Kier molecular flexibility index (Phi) is 2.72. The molecule has 2 unspecified atom stereocenters. The van der Waals surface area contributed by atoms with Crippen molar-refractivity contribution in [3.63, 3.8) is 0 Å². The van der Waals surface area contributed by atoms with E-state index in [1.165, 1.54) is 32.1 Å². The van der Waals surface area contributed by atoms with Gasteiger partial charge in [0.15, 0.2) is 0 Å². The van der Waals surface area contributed by atoms with E-state index < -0.39 is 0 Å². The van der Waals surface area contributed by atoms with Gasteiger partial charge >= 0.3 is 0 Å². The molecule has 2 rings (SSSR count). The summed E-state index contributed by atoms with van der Waals surface area (Å²) in [7, 11) is 0. The fourth-order valence-electron chi connectivity index (χ4n) is 2.63. The molecule has 72 valence electrons. The lowest BCUT2D eigenvalue weighted by atomic mass is 9.83. The molecule has 1 aliphatic rings. The Morgan fingerprint density at radius 3 is 2.54 bits per heavy atom. The maximum Gasteiger partial charge on any atom is 0.0358 e. The second-order valence-corrected chi connectivity index (χ2v) is 4.15. The van der Waals surface area contributed by atoms with Crippen molar-refractivity contribution in [1.82, 2.24) is 4.57 Å². The van der Waals surface area contributed by atoms with Crippen LogP contribution in [0, 0.1) is 5.92 Å². The van der Waals surface area contributed by atoms with Crippen LogP contribution in [0.5, 0.6) is 0 Å². The fourth-order valence-corrected chi connectivity index (χ4v) is 2.63. The van der Waals surface area contributed by atoms with Gasteiger partial charge in [0.05, 0.1) is 0 Å². The summed E-state index contributed by atoms with van der Waals surface area (Å²) in [6, 6.07) is 5.07. The van der Waals surface area contributed by atoms with Crippen LogP contribution >= 0.6 is 0 Å². The number of nitrogens with zero attached hydrogens (tertiary/aromatic N) is 1. The van der Waals surface area contributed by atoms with Gasteiger partial charge in [-0.25, -0.2) is 0 Å². The molecule has 0 radical (unpaired) electrons. The highest BCUT2D eigenvalue weighted by Gasteiger charge is 2.23. The summed E-state index contributed by atoms with van der Waals surface area (Å²) in [4.78, 5) is 0. The topological polar surface area (TPSA) is 4.93 Å². The summed E-state index contributed by atoms with van der Waals surface area (Å²) in [5, 5.41) is 0. The standard InChI is InChI=1S/C12H19N/c1-2-11-7-3-4-8-12(11)13-9-5-6-10-13/h5-6,9-12H,2-4,7-8H2,1H3. The van der Waals surface area contributed by atoms with E-state index in [4.69, 9.17) is 0 Å². The summed E-state index contributed by atoms with van der Waals surface area (Å²) in [6.45, 7) is 2.33. The molecule has 1 aliphatic carbocycles. The van der Waals surface area contributed by atoms with Gasteiger partial charge in [0.25, 0.3) is 0 Å². The van der Waals surface area contributed by atoms with Crippen molar-refractivity contribution >= 4 is 0 Å². The van der Waals surface area contributed by atoms with E-state index in [9.17, 15) is 0 Å². The number of hydrogen-bond donors (Lipinski definition) is 0. The van der Waals surface area contributed by atoms with Gasteiger partial charge in [-0.2, -0.15) is 0 Å². The minimum Gasteiger partial charge on any atom is -0.351 e. The van der Waals surface area contributed by atoms with Gasteiger partial charge in [0.1, 0.15) is 0 Å². The highest BCUT2D eigenvalue weighted by molar-refractivity contribution is 4.95. The maximum atomic E-state index is 2.41. The second kappa shape index (κ2) is 3.99. The van der Waals surface area contributed by atoms with E-state index in [0.717, 1.165) is 12.0 Å². The van der Waals surface area contributed by atoms with Crippen molar-refractivity contribution in [2.45, 2.75) is 45.1 Å². The van der Waals surface area contributed by atoms with Crippen molar-refractivity contribution in [1.29, 1.82) is 0 Å². The zero-order chi connectivity index (χ0) is 9.10. The molecule has 13 heavy (non-hydrogen) atoms. The molecule has 0 N–H and O–H groups in total. The molecule has 1 fully saturated rings. The van der Waals surface area contributed by atoms with Crippen molar-refractivity contribution in [3.05, 3.63) is 24.5 Å². The van der Waals surface area contributed by atoms with E-state index in [1.54, 1.807) is 0 Å². The third kappa shape index (κ3) is 1.79. The van der Waals surface area contributed by atoms with Crippen LogP contribution in [0.4, 0.5) is 0 Å². The molecule has 0 aromatic carbocycles. The Bertz CT molecular complexity index is 238. The Labute approximate surface area is 80.8 Å². The van der Waals surface area contributed by atoms with E-state index in [0.29, 0.717) is 0 Å². The molecule has 1 aromatic heterocycles. The molecular formula is C12H19N. The molecule has 0 bridgehead atoms. The zero-order valence-corrected chi connectivity index (χ0v) is 8.45. The average Bonchev–Trinajstić information content (AvgIpc) is 2.70. The first-order valence-corrected chi connectivity index (χ1v) is 5.54. The first kappa shape index (κ1) is 8.86. The van der Waals surface area contributed by atoms with Crippen molar-refractivity contribution in [2.24, 2.45) is 5.92 Å². The molecular weight excluding hydrogens is 158 g/mol. The van der Waals surface area contributed by atoms with E-state index in [-0.39, 0.29) is 0 Å². The van der Waals surface area contributed by atoms with Crippen LogP contribution in [-0.2, 0) is 0 Å². The normalized spacial score (nSPS) is 29.0. The first-order valence-electron chi connectivity index (χ1n) is 5.54. The third-order valence-electron chi connectivity index (χ3n) is 3.40. The summed E-state index contributed by atoms with van der Waals surface area (Å²) in [5.41, 5.74) is 0. The maximum absolute atomic E-state index is 2.41. The van der Waals surface area contributed by atoms with Crippen LogP contribution < -0.4 is 0 Å². The third-order valence-corrected chi connectivity index (χ3v) is 3.40. The van der Waals surface area contributed by atoms with Crippen LogP contribution in [0.2, 0.25) is 0 Å². The van der Waals surface area contributed by atoms with Gasteiger partial charge in [-0.1, -0.05) is 26.2 Å². The number of hydrogen-bond acceptors (Lipinski definition) is 0. The summed E-state index contributed by atoms with van der Waals surface area (Å²) in [6.07, 6.45) is 11.4. The summed E-state index contributed by atoms with van der Waals surface area (Å²) < 4.78 is 2.41. The minimum atomic E-state index is 0.786. The Balaban J connectivity index is 2.11. The highest BCUT2D eigenvalue weighted by Crippen LogP contribution is 2.35. The van der Waals surface area contributed by atoms with Crippen LogP contribution in [0.3, 0.4) is 0 Å². The summed E-state index contributed by atoms with van der Waals surface area (Å²) in [5.74, 6) is 0.918. The summed E-state index contributed by atoms with van der Waals surface area (Å²) >= 11 is 0. The molecule has 1 heterocycles. The van der Waals surface area contributed by atoms with E-state index in [1.807, 2.05) is 0 Å². The van der Waals surface area contributed by atoms with Gasteiger partial charge in [-0.05, 0) is 30.9 Å². The lowest BCUT2D eigenvalue weighted by molar-refractivity contribution is 0.233. The molecule has 0 saturated heterocycles. The molecule has 2 atom stereocenters. The van der Waals surface area contributed by atoms with Crippen molar-refractivity contribution in [3.8, 4) is 0 Å². The highest BCUT2D eigenvalue weighted by atomic mass is 15.0. The Morgan fingerprint density at radius 2 is 1.85 bits per heavy atom. The average molecular weight is 177 g/mol. The molecule has 0 aliphatic heterocycles. The van der Waals surface area contributed by atoms with E-state index in [2.05, 4.69) is 36.0 Å². The fraction of sp³-hybridized carbons (Fsp3) is 0.667. The largest absolute Gasteiger partial charge is 0.351 e. The Morgan fingerprint density at radius 1 is 1.15 bits per heavy atom. The lowest BCUT2D eigenvalue weighted by Gasteiger charge is -2.32. The quantitative estimate of drug-likeness (QED) is 0.650. The van der Waals surface area contributed by atoms with Crippen LogP contribution in [0.1, 0.15) is 45.1 Å². The van der Waals surface area contributed by atoms with Crippen molar-refractivity contribution < 1.29 is 0 Å². The zero-order valence-electron chi connectivity index (χ0n) is 8.45. The predicted octanol–water partition coefficient (Wildman–Crippen LogP) is 3.63. The molecule has 1 saturated carbocycles. The van der Waals surface area contributed by atoms with Gasteiger partial charge in [0.2, 0.25) is 0 Å². The van der Waals surface area contributed by atoms with Gasteiger partial charge in [-0.3, -0.25) is 0 Å². The van der Waals surface area contributed by atoms with Gasteiger partial charge in [-0.15, -0.1) is 0 Å². The second-order valence-electron chi connectivity index (χ2n) is 4.15. The minimum absolute atomic E-state index is 0.786. The van der Waals surface area contributed by atoms with E-state index >= 15 is 0 Å². The molecule has 1 nitrogen and oxygen atoms in total. The lowest BCUT2D eigenvalue weighted by Crippen LogP contribution is -2.21. The molecule has 1 aromatic rings. The number of rotatable bonds is 2. The van der Waals surface area contributed by atoms with Crippen LogP contribution in [-0.4, -0.2) is 4.57 Å². The Hall–Kier alpha value is -0.720. The molecule has 1 heteroatoms. The van der Waals surface area contributed by atoms with Crippen LogP contribution in [0.25, 0.3) is 0 Å². The monoisotopic (exact) mass is 177 g/mol. The van der Waals surface area contributed by atoms with Gasteiger partial charge in [0, 0.05) is 18.4 Å². The SMILES string of the molecule is CCC1CCCCC1n1cccc1. The van der Waals surface area contributed by atoms with Crippen LogP contribution in [0.15, 0.2) is 24.5 Å². The smallest absolute Gasteiger partial charge is 0.0358 e. The predicted molar refractivity (Wildman–Crippen MR) is 55.7 cm³/mol. The first-order chi connectivity index (χ1) is 6.42. The van der Waals surface area contributed by atoms with Gasteiger partial charge < -0.3 is 4.57 Å².